The van der Waals surface area contributed by atoms with Crippen LogP contribution in [0.5, 0.6) is 0 Å². The smallest absolute Gasteiger partial charge is 0.308 e. The lowest BCUT2D eigenvalue weighted by Gasteiger charge is -2.27. The van der Waals surface area contributed by atoms with E-state index >= 15 is 0 Å². The summed E-state index contributed by atoms with van der Waals surface area (Å²) in [5, 5.41) is 8.85. The maximum absolute atomic E-state index is 10.8. The van der Waals surface area contributed by atoms with Crippen molar-refractivity contribution in [2.75, 3.05) is 6.61 Å². The first-order valence-electron chi connectivity index (χ1n) is 5.44. The minimum atomic E-state index is -0.760. The summed E-state index contributed by atoms with van der Waals surface area (Å²) < 4.78 is 5.58. The number of pyridine rings is 1. The molecule has 2 heterocycles. The Bertz CT molecular complexity index is 384. The Labute approximate surface area is 94.3 Å². The largest absolute Gasteiger partial charge is 0.481 e. The third-order valence-corrected chi connectivity index (χ3v) is 2.92. The van der Waals surface area contributed by atoms with Gasteiger partial charge in [-0.15, -0.1) is 0 Å². The fraction of sp³-hybridized carbons (Fsp3) is 0.500. The zero-order valence-electron chi connectivity index (χ0n) is 9.22. The molecule has 0 spiro atoms. The van der Waals surface area contributed by atoms with Crippen molar-refractivity contribution in [3.8, 4) is 0 Å². The van der Waals surface area contributed by atoms with E-state index in [1.807, 2.05) is 19.1 Å². The Morgan fingerprint density at radius 1 is 1.56 bits per heavy atom. The van der Waals surface area contributed by atoms with E-state index in [9.17, 15) is 4.79 Å². The van der Waals surface area contributed by atoms with Crippen LogP contribution < -0.4 is 0 Å². The van der Waals surface area contributed by atoms with Gasteiger partial charge in [-0.25, -0.2) is 0 Å². The third-order valence-electron chi connectivity index (χ3n) is 2.92. The van der Waals surface area contributed by atoms with Crippen LogP contribution in [0.15, 0.2) is 18.3 Å². The van der Waals surface area contributed by atoms with E-state index in [1.54, 1.807) is 6.20 Å². The molecule has 0 unspecified atom stereocenters. The molecule has 0 amide bonds. The summed E-state index contributed by atoms with van der Waals surface area (Å²) in [6, 6.07) is 3.92. The van der Waals surface area contributed by atoms with Crippen LogP contribution in [0.25, 0.3) is 0 Å². The molecule has 2 atom stereocenters. The van der Waals surface area contributed by atoms with Gasteiger partial charge in [0.2, 0.25) is 0 Å². The number of rotatable bonds is 2. The molecule has 1 aromatic rings. The van der Waals surface area contributed by atoms with Gasteiger partial charge >= 0.3 is 5.97 Å². The fourth-order valence-electron chi connectivity index (χ4n) is 1.98. The van der Waals surface area contributed by atoms with Crippen LogP contribution in [0.2, 0.25) is 0 Å². The highest BCUT2D eigenvalue weighted by Crippen LogP contribution is 2.30. The van der Waals surface area contributed by atoms with Gasteiger partial charge < -0.3 is 9.84 Å². The topological polar surface area (TPSA) is 59.4 Å². The fourth-order valence-corrected chi connectivity index (χ4v) is 1.98. The molecule has 1 aliphatic rings. The second-order valence-electron chi connectivity index (χ2n) is 4.17. The van der Waals surface area contributed by atoms with Gasteiger partial charge in [0, 0.05) is 11.9 Å². The van der Waals surface area contributed by atoms with Gasteiger partial charge in [0.1, 0.15) is 0 Å². The first kappa shape index (κ1) is 11.1. The predicted molar refractivity (Wildman–Crippen MR) is 58.0 cm³/mol. The SMILES string of the molecule is Cc1cc([C@@H]2CC[C@@H](C(=O)O)CO2)ccn1. The number of aliphatic carboxylic acids is 1. The third kappa shape index (κ3) is 2.39. The minimum Gasteiger partial charge on any atom is -0.481 e. The van der Waals surface area contributed by atoms with Crippen molar-refractivity contribution in [1.82, 2.24) is 4.98 Å². The van der Waals surface area contributed by atoms with Crippen molar-refractivity contribution in [1.29, 1.82) is 0 Å². The normalized spacial score (nSPS) is 25.3. The van der Waals surface area contributed by atoms with E-state index in [2.05, 4.69) is 4.98 Å². The van der Waals surface area contributed by atoms with Crippen LogP contribution >= 0.6 is 0 Å². The van der Waals surface area contributed by atoms with Gasteiger partial charge in [-0.2, -0.15) is 0 Å². The van der Waals surface area contributed by atoms with E-state index in [-0.39, 0.29) is 12.0 Å². The number of ether oxygens (including phenoxy) is 1. The van der Waals surface area contributed by atoms with Crippen LogP contribution in [0.4, 0.5) is 0 Å². The zero-order chi connectivity index (χ0) is 11.5. The lowest BCUT2D eigenvalue weighted by Crippen LogP contribution is -2.26. The van der Waals surface area contributed by atoms with E-state index in [0.717, 1.165) is 17.7 Å². The van der Waals surface area contributed by atoms with Gasteiger partial charge in [-0.1, -0.05) is 0 Å². The summed E-state index contributed by atoms with van der Waals surface area (Å²) in [6.07, 6.45) is 3.23. The molecule has 1 N–H and O–H groups in total. The molecule has 1 fully saturated rings. The number of nitrogens with zero attached hydrogens (tertiary/aromatic N) is 1. The van der Waals surface area contributed by atoms with Gasteiger partial charge in [0.25, 0.3) is 0 Å². The average molecular weight is 221 g/mol. The summed E-state index contributed by atoms with van der Waals surface area (Å²) >= 11 is 0. The Morgan fingerprint density at radius 3 is 2.94 bits per heavy atom. The molecular weight excluding hydrogens is 206 g/mol. The molecule has 1 saturated heterocycles. The molecule has 16 heavy (non-hydrogen) atoms. The molecule has 4 nitrogen and oxygen atoms in total. The number of aromatic nitrogens is 1. The monoisotopic (exact) mass is 221 g/mol. The number of carboxylic acid groups (broad SMARTS) is 1. The quantitative estimate of drug-likeness (QED) is 0.829. The van der Waals surface area contributed by atoms with Crippen LogP contribution in [0.1, 0.15) is 30.2 Å². The maximum atomic E-state index is 10.8. The van der Waals surface area contributed by atoms with E-state index in [1.165, 1.54) is 0 Å². The number of carbonyl (C=O) groups is 1. The summed E-state index contributed by atoms with van der Waals surface area (Å²) in [5.74, 6) is -1.11. The van der Waals surface area contributed by atoms with Crippen molar-refractivity contribution in [3.05, 3.63) is 29.6 Å². The molecule has 0 saturated carbocycles. The van der Waals surface area contributed by atoms with Crippen LogP contribution in [-0.4, -0.2) is 22.7 Å². The summed E-state index contributed by atoms with van der Waals surface area (Å²) in [5.41, 5.74) is 2.05. The lowest BCUT2D eigenvalue weighted by molar-refractivity contribution is -0.148. The first-order chi connectivity index (χ1) is 7.66. The van der Waals surface area contributed by atoms with Crippen LogP contribution in [-0.2, 0) is 9.53 Å². The number of hydrogen-bond donors (Lipinski definition) is 1. The van der Waals surface area contributed by atoms with Gasteiger partial charge in [0.05, 0.1) is 18.6 Å². The maximum Gasteiger partial charge on any atom is 0.308 e. The van der Waals surface area contributed by atoms with Crippen molar-refractivity contribution in [2.45, 2.75) is 25.9 Å². The van der Waals surface area contributed by atoms with Crippen molar-refractivity contribution in [2.24, 2.45) is 5.92 Å². The highest BCUT2D eigenvalue weighted by atomic mass is 16.5. The standard InChI is InChI=1S/C12H15NO3/c1-8-6-9(4-5-13-8)11-3-2-10(7-16-11)12(14)15/h4-6,10-11H,2-3,7H2,1H3,(H,14,15)/t10-,11+/m1/s1. The van der Waals surface area contributed by atoms with Gasteiger partial charge in [-0.05, 0) is 37.5 Å². The minimum absolute atomic E-state index is 0.0253. The molecule has 1 aromatic heterocycles. The Kier molecular flexibility index (Phi) is 3.19. The van der Waals surface area contributed by atoms with Crippen molar-refractivity contribution in [3.63, 3.8) is 0 Å². The number of carboxylic acids is 1. The van der Waals surface area contributed by atoms with E-state index in [0.29, 0.717) is 13.0 Å². The summed E-state index contributed by atoms with van der Waals surface area (Å²) in [6.45, 7) is 2.24. The molecule has 0 aromatic carbocycles. The number of hydrogen-bond acceptors (Lipinski definition) is 3. The van der Waals surface area contributed by atoms with Gasteiger partial charge in [0.15, 0.2) is 0 Å². The van der Waals surface area contributed by atoms with Crippen LogP contribution in [0, 0.1) is 12.8 Å². The summed E-state index contributed by atoms with van der Waals surface area (Å²) in [7, 11) is 0. The highest BCUT2D eigenvalue weighted by Gasteiger charge is 2.27. The van der Waals surface area contributed by atoms with E-state index < -0.39 is 5.97 Å². The summed E-state index contributed by atoms with van der Waals surface area (Å²) in [4.78, 5) is 14.9. The van der Waals surface area contributed by atoms with Crippen molar-refractivity contribution >= 4 is 5.97 Å². The van der Waals surface area contributed by atoms with Gasteiger partial charge in [-0.3, -0.25) is 9.78 Å². The first-order valence-corrected chi connectivity index (χ1v) is 5.44. The molecule has 0 radical (unpaired) electrons. The molecule has 2 rings (SSSR count). The van der Waals surface area contributed by atoms with Crippen LogP contribution in [0.3, 0.4) is 0 Å². The Hall–Kier alpha value is -1.42. The average Bonchev–Trinajstić information content (AvgIpc) is 2.29. The molecule has 86 valence electrons. The Balaban J connectivity index is 2.01. The lowest BCUT2D eigenvalue weighted by atomic mass is 9.95. The highest BCUT2D eigenvalue weighted by molar-refractivity contribution is 5.70. The van der Waals surface area contributed by atoms with Crippen molar-refractivity contribution < 1.29 is 14.6 Å². The molecule has 0 bridgehead atoms. The Morgan fingerprint density at radius 2 is 2.38 bits per heavy atom. The molecule has 4 heteroatoms. The van der Waals surface area contributed by atoms with E-state index in [4.69, 9.17) is 9.84 Å². The zero-order valence-corrected chi connectivity index (χ0v) is 9.22. The molecular formula is C12H15NO3. The molecule has 0 aliphatic carbocycles. The second kappa shape index (κ2) is 4.61. The predicted octanol–water partition coefficient (Wildman–Crippen LogP) is 1.94. The second-order valence-corrected chi connectivity index (χ2v) is 4.17. The number of aryl methyl sites for hydroxylation is 1. The molecule has 1 aliphatic heterocycles.